The molecule has 1 aliphatic heterocycles. The van der Waals surface area contributed by atoms with Crippen LogP contribution in [0.3, 0.4) is 0 Å². The van der Waals surface area contributed by atoms with Crippen molar-refractivity contribution in [1.29, 1.82) is 0 Å². The monoisotopic (exact) mass is 233 g/mol. The van der Waals surface area contributed by atoms with Crippen LogP contribution < -0.4 is 5.32 Å². The molecular weight excluding hydrogens is 222 g/mol. The van der Waals surface area contributed by atoms with E-state index in [0.29, 0.717) is 5.75 Å². The van der Waals surface area contributed by atoms with Crippen LogP contribution in [0.15, 0.2) is 0 Å². The number of nitrogens with one attached hydrogen (secondary N) is 1. The van der Waals surface area contributed by atoms with Gasteiger partial charge < -0.3 is 14.8 Å². The molecule has 7 heteroatoms. The van der Waals surface area contributed by atoms with Crippen molar-refractivity contribution in [3.63, 3.8) is 0 Å². The quantitative estimate of drug-likeness (QED) is 0.684. The summed E-state index contributed by atoms with van der Waals surface area (Å²) >= 11 is 1.01. The lowest BCUT2D eigenvalue weighted by Crippen LogP contribution is -2.36. The SMILES string of the molecule is CCOC(=O)COC(=O)C1CSC(=O)N1. The average Bonchev–Trinajstić information content (AvgIpc) is 2.62. The van der Waals surface area contributed by atoms with Crippen molar-refractivity contribution in [3.05, 3.63) is 0 Å². The van der Waals surface area contributed by atoms with Gasteiger partial charge in [-0.05, 0) is 6.92 Å². The number of esters is 2. The van der Waals surface area contributed by atoms with Gasteiger partial charge in [0.25, 0.3) is 5.24 Å². The topological polar surface area (TPSA) is 81.7 Å². The molecular formula is C8H11NO5S. The maximum Gasteiger partial charge on any atom is 0.344 e. The molecule has 0 aromatic rings. The maximum atomic E-state index is 11.2. The van der Waals surface area contributed by atoms with Crippen molar-refractivity contribution in [1.82, 2.24) is 5.32 Å². The highest BCUT2D eigenvalue weighted by molar-refractivity contribution is 8.14. The lowest BCUT2D eigenvalue weighted by molar-refractivity contribution is -0.159. The van der Waals surface area contributed by atoms with Crippen LogP contribution >= 0.6 is 11.8 Å². The molecule has 15 heavy (non-hydrogen) atoms. The van der Waals surface area contributed by atoms with E-state index in [4.69, 9.17) is 0 Å². The van der Waals surface area contributed by atoms with Gasteiger partial charge in [-0.1, -0.05) is 11.8 Å². The van der Waals surface area contributed by atoms with Gasteiger partial charge in [-0.3, -0.25) is 4.79 Å². The minimum absolute atomic E-state index is 0.242. The van der Waals surface area contributed by atoms with Gasteiger partial charge in [0.05, 0.1) is 6.61 Å². The number of carbonyl (C=O) groups excluding carboxylic acids is 3. The Bertz CT molecular complexity index is 280. The molecule has 1 N–H and O–H groups in total. The van der Waals surface area contributed by atoms with Gasteiger partial charge in [0.15, 0.2) is 6.61 Å². The molecule has 1 unspecified atom stereocenters. The van der Waals surface area contributed by atoms with Crippen LogP contribution in [0.2, 0.25) is 0 Å². The number of rotatable bonds is 4. The van der Waals surface area contributed by atoms with E-state index in [1.807, 2.05) is 0 Å². The standard InChI is InChI=1S/C8H11NO5S/c1-2-13-6(10)3-14-7(11)5-4-15-8(12)9-5/h5H,2-4H2,1H3,(H,9,12). The molecule has 1 atom stereocenters. The highest BCUT2D eigenvalue weighted by atomic mass is 32.2. The van der Waals surface area contributed by atoms with Gasteiger partial charge in [-0.25, -0.2) is 9.59 Å². The Morgan fingerprint density at radius 3 is 2.80 bits per heavy atom. The van der Waals surface area contributed by atoms with Crippen LogP contribution in [0.1, 0.15) is 6.92 Å². The number of carbonyl (C=O) groups is 3. The fraction of sp³-hybridized carbons (Fsp3) is 0.625. The predicted octanol–water partition coefficient (Wildman–Crippen LogP) is -0.0823. The number of hydrogen-bond donors (Lipinski definition) is 1. The molecule has 1 aliphatic rings. The lowest BCUT2D eigenvalue weighted by Gasteiger charge is -2.08. The Hall–Kier alpha value is -1.24. The van der Waals surface area contributed by atoms with Crippen LogP contribution in [0.25, 0.3) is 0 Å². The summed E-state index contributed by atoms with van der Waals surface area (Å²) in [6.07, 6.45) is 0. The smallest absolute Gasteiger partial charge is 0.344 e. The second-order valence-electron chi connectivity index (χ2n) is 2.71. The molecule has 6 nitrogen and oxygen atoms in total. The predicted molar refractivity (Wildman–Crippen MR) is 52.4 cm³/mol. The third kappa shape index (κ3) is 3.78. The van der Waals surface area contributed by atoms with Gasteiger partial charge in [-0.2, -0.15) is 0 Å². The van der Waals surface area contributed by atoms with E-state index in [1.54, 1.807) is 6.92 Å². The first kappa shape index (κ1) is 11.8. The molecule has 0 spiro atoms. The van der Waals surface area contributed by atoms with Crippen molar-refractivity contribution >= 4 is 28.9 Å². The van der Waals surface area contributed by atoms with Crippen LogP contribution in [0.4, 0.5) is 4.79 Å². The van der Waals surface area contributed by atoms with Gasteiger partial charge >= 0.3 is 11.9 Å². The van der Waals surface area contributed by atoms with E-state index < -0.39 is 24.6 Å². The van der Waals surface area contributed by atoms with E-state index in [0.717, 1.165) is 11.8 Å². The summed E-state index contributed by atoms with van der Waals surface area (Å²) in [5.74, 6) is -0.871. The zero-order chi connectivity index (χ0) is 11.3. The molecule has 1 fully saturated rings. The van der Waals surface area contributed by atoms with Crippen LogP contribution in [0.5, 0.6) is 0 Å². The minimum Gasteiger partial charge on any atom is -0.463 e. The van der Waals surface area contributed by atoms with Crippen molar-refractivity contribution < 1.29 is 23.9 Å². The van der Waals surface area contributed by atoms with E-state index >= 15 is 0 Å². The van der Waals surface area contributed by atoms with Crippen LogP contribution in [-0.4, -0.2) is 42.2 Å². The zero-order valence-electron chi connectivity index (χ0n) is 8.15. The summed E-state index contributed by atoms with van der Waals surface area (Å²) in [6, 6.07) is -0.656. The number of amides is 1. The van der Waals surface area contributed by atoms with Gasteiger partial charge in [0.2, 0.25) is 0 Å². The van der Waals surface area contributed by atoms with Crippen LogP contribution in [0, 0.1) is 0 Å². The average molecular weight is 233 g/mol. The third-order valence-corrected chi connectivity index (χ3v) is 2.48. The summed E-state index contributed by atoms with van der Waals surface area (Å²) in [5.41, 5.74) is 0. The maximum absolute atomic E-state index is 11.2. The highest BCUT2D eigenvalue weighted by Crippen LogP contribution is 2.13. The first-order valence-electron chi connectivity index (χ1n) is 4.39. The zero-order valence-corrected chi connectivity index (χ0v) is 8.96. The Morgan fingerprint density at radius 1 is 1.53 bits per heavy atom. The molecule has 0 bridgehead atoms. The Balaban J connectivity index is 2.24. The third-order valence-electron chi connectivity index (χ3n) is 1.60. The Labute approximate surface area is 90.7 Å². The van der Waals surface area contributed by atoms with Gasteiger partial charge in [0, 0.05) is 5.75 Å². The molecule has 0 aliphatic carbocycles. The normalized spacial score (nSPS) is 19.5. The fourth-order valence-electron chi connectivity index (χ4n) is 0.945. The molecule has 0 saturated carbocycles. The summed E-state index contributed by atoms with van der Waals surface area (Å²) < 4.78 is 9.21. The number of thioether (sulfide) groups is 1. The largest absolute Gasteiger partial charge is 0.463 e. The first-order chi connectivity index (χ1) is 7.13. The van der Waals surface area contributed by atoms with Crippen LogP contribution in [-0.2, 0) is 19.1 Å². The van der Waals surface area contributed by atoms with Crippen molar-refractivity contribution in [3.8, 4) is 0 Å². The Morgan fingerprint density at radius 2 is 2.27 bits per heavy atom. The Kier molecular flexibility index (Phi) is 4.41. The van der Waals surface area contributed by atoms with E-state index in [9.17, 15) is 14.4 Å². The molecule has 1 heterocycles. The first-order valence-corrected chi connectivity index (χ1v) is 5.37. The fourth-order valence-corrected chi connectivity index (χ4v) is 1.71. The molecule has 84 valence electrons. The van der Waals surface area contributed by atoms with E-state index in [1.165, 1.54) is 0 Å². The summed E-state index contributed by atoms with van der Waals surface area (Å²) in [6.45, 7) is 1.49. The second kappa shape index (κ2) is 5.59. The van der Waals surface area contributed by atoms with Gasteiger partial charge in [-0.15, -0.1) is 0 Å². The van der Waals surface area contributed by atoms with Crippen molar-refractivity contribution in [2.24, 2.45) is 0 Å². The lowest BCUT2D eigenvalue weighted by atomic mass is 10.3. The number of ether oxygens (including phenoxy) is 2. The molecule has 1 rings (SSSR count). The number of hydrogen-bond acceptors (Lipinski definition) is 6. The summed E-state index contributed by atoms with van der Waals surface area (Å²) in [4.78, 5) is 32.8. The second-order valence-corrected chi connectivity index (χ2v) is 3.70. The van der Waals surface area contributed by atoms with Crippen molar-refractivity contribution in [2.75, 3.05) is 19.0 Å². The molecule has 1 saturated heterocycles. The van der Waals surface area contributed by atoms with E-state index in [2.05, 4.69) is 14.8 Å². The molecule has 0 radical (unpaired) electrons. The minimum atomic E-state index is -0.656. The summed E-state index contributed by atoms with van der Waals surface area (Å²) in [5, 5.41) is 2.15. The van der Waals surface area contributed by atoms with Crippen molar-refractivity contribution in [2.45, 2.75) is 13.0 Å². The molecule has 0 aromatic heterocycles. The van der Waals surface area contributed by atoms with Gasteiger partial charge in [0.1, 0.15) is 6.04 Å². The van der Waals surface area contributed by atoms with E-state index in [-0.39, 0.29) is 11.8 Å². The highest BCUT2D eigenvalue weighted by Gasteiger charge is 2.29. The summed E-state index contributed by atoms with van der Waals surface area (Å²) in [7, 11) is 0. The molecule has 1 amide bonds. The molecule has 0 aromatic carbocycles.